The van der Waals surface area contributed by atoms with Crippen molar-refractivity contribution in [2.75, 3.05) is 0 Å². The van der Waals surface area contributed by atoms with Crippen LogP contribution in [0.5, 0.6) is 5.75 Å². The van der Waals surface area contributed by atoms with Crippen LogP contribution < -0.4 is 4.74 Å². The van der Waals surface area contributed by atoms with Crippen molar-refractivity contribution in [1.29, 1.82) is 0 Å². The van der Waals surface area contributed by atoms with E-state index in [9.17, 15) is 5.11 Å². The van der Waals surface area contributed by atoms with Gasteiger partial charge < -0.3 is 9.84 Å². The first kappa shape index (κ1) is 12.6. The summed E-state index contributed by atoms with van der Waals surface area (Å²) < 4.78 is 7.48. The Morgan fingerprint density at radius 1 is 1.39 bits per heavy atom. The second kappa shape index (κ2) is 5.23. The number of aryl methyl sites for hydroxylation is 2. The Kier molecular flexibility index (Phi) is 3.67. The maximum atomic E-state index is 9.70. The highest BCUT2D eigenvalue weighted by Crippen LogP contribution is 2.26. The van der Waals surface area contributed by atoms with Crippen molar-refractivity contribution in [3.05, 3.63) is 47.3 Å². The van der Waals surface area contributed by atoms with Crippen molar-refractivity contribution in [2.45, 2.75) is 26.6 Å². The smallest absolute Gasteiger partial charge is 0.132 e. The number of nitrogens with zero attached hydrogens (tertiary/aromatic N) is 2. The SMILES string of the molecule is Cc1ccc(C(C)O)c(OCc2ccn(C)n2)c1. The Hall–Kier alpha value is -1.81. The molecule has 1 aromatic carbocycles. The maximum Gasteiger partial charge on any atom is 0.132 e. The molecule has 0 saturated heterocycles. The van der Waals surface area contributed by atoms with Gasteiger partial charge in [-0.15, -0.1) is 0 Å². The van der Waals surface area contributed by atoms with Crippen LogP contribution in [0.25, 0.3) is 0 Å². The largest absolute Gasteiger partial charge is 0.487 e. The minimum absolute atomic E-state index is 0.407. The third-order valence-electron chi connectivity index (χ3n) is 2.76. The van der Waals surface area contributed by atoms with E-state index < -0.39 is 6.10 Å². The van der Waals surface area contributed by atoms with E-state index in [0.717, 1.165) is 22.6 Å². The minimum atomic E-state index is -0.538. The number of aliphatic hydroxyl groups is 1. The van der Waals surface area contributed by atoms with E-state index in [-0.39, 0.29) is 0 Å². The van der Waals surface area contributed by atoms with E-state index in [2.05, 4.69) is 5.10 Å². The molecule has 2 rings (SSSR count). The number of benzene rings is 1. The van der Waals surface area contributed by atoms with Crippen molar-refractivity contribution in [1.82, 2.24) is 9.78 Å². The van der Waals surface area contributed by atoms with Crippen LogP contribution in [0.1, 0.15) is 29.8 Å². The topological polar surface area (TPSA) is 47.3 Å². The molecule has 1 atom stereocenters. The summed E-state index contributed by atoms with van der Waals surface area (Å²) in [4.78, 5) is 0. The van der Waals surface area contributed by atoms with Crippen LogP contribution in [-0.4, -0.2) is 14.9 Å². The average Bonchev–Trinajstić information content (AvgIpc) is 2.72. The van der Waals surface area contributed by atoms with E-state index >= 15 is 0 Å². The van der Waals surface area contributed by atoms with Crippen LogP contribution in [0.3, 0.4) is 0 Å². The van der Waals surface area contributed by atoms with E-state index in [4.69, 9.17) is 4.74 Å². The second-order valence-corrected chi connectivity index (χ2v) is 4.49. The van der Waals surface area contributed by atoms with Gasteiger partial charge >= 0.3 is 0 Å². The van der Waals surface area contributed by atoms with E-state index in [1.54, 1.807) is 11.6 Å². The molecule has 1 unspecified atom stereocenters. The fourth-order valence-corrected chi connectivity index (χ4v) is 1.80. The highest BCUT2D eigenvalue weighted by Gasteiger charge is 2.10. The van der Waals surface area contributed by atoms with Crippen LogP contribution in [0.15, 0.2) is 30.5 Å². The van der Waals surface area contributed by atoms with Gasteiger partial charge in [-0.25, -0.2) is 0 Å². The maximum absolute atomic E-state index is 9.70. The molecule has 96 valence electrons. The van der Waals surface area contributed by atoms with Crippen LogP contribution in [0.4, 0.5) is 0 Å². The summed E-state index contributed by atoms with van der Waals surface area (Å²) in [5.74, 6) is 0.718. The average molecular weight is 246 g/mol. The Balaban J connectivity index is 2.15. The van der Waals surface area contributed by atoms with Crippen molar-refractivity contribution in [3.8, 4) is 5.75 Å². The van der Waals surface area contributed by atoms with E-state index in [0.29, 0.717) is 6.61 Å². The number of rotatable bonds is 4. The van der Waals surface area contributed by atoms with E-state index in [1.807, 2.05) is 44.4 Å². The summed E-state index contributed by atoms with van der Waals surface area (Å²) in [6, 6.07) is 7.71. The second-order valence-electron chi connectivity index (χ2n) is 4.49. The summed E-state index contributed by atoms with van der Waals surface area (Å²) in [6.07, 6.45) is 1.34. The summed E-state index contributed by atoms with van der Waals surface area (Å²) >= 11 is 0. The lowest BCUT2D eigenvalue weighted by molar-refractivity contribution is 0.189. The molecule has 4 heteroatoms. The standard InChI is InChI=1S/C14H18N2O2/c1-10-4-5-13(11(2)17)14(8-10)18-9-12-6-7-16(3)15-12/h4-8,11,17H,9H2,1-3H3. The lowest BCUT2D eigenvalue weighted by Crippen LogP contribution is -2.02. The number of aromatic nitrogens is 2. The summed E-state index contributed by atoms with van der Waals surface area (Å²) in [5.41, 5.74) is 2.78. The quantitative estimate of drug-likeness (QED) is 0.900. The molecule has 0 radical (unpaired) electrons. The van der Waals surface area contributed by atoms with Gasteiger partial charge in [0.1, 0.15) is 12.4 Å². The van der Waals surface area contributed by atoms with Gasteiger partial charge in [-0.1, -0.05) is 12.1 Å². The van der Waals surface area contributed by atoms with Crippen molar-refractivity contribution in [2.24, 2.45) is 7.05 Å². The monoisotopic (exact) mass is 246 g/mol. The number of aliphatic hydroxyl groups excluding tert-OH is 1. The fourth-order valence-electron chi connectivity index (χ4n) is 1.80. The lowest BCUT2D eigenvalue weighted by Gasteiger charge is -2.13. The molecule has 0 aliphatic rings. The first-order valence-electron chi connectivity index (χ1n) is 5.96. The van der Waals surface area contributed by atoms with Gasteiger partial charge in [0.2, 0.25) is 0 Å². The van der Waals surface area contributed by atoms with Gasteiger partial charge in [-0.3, -0.25) is 4.68 Å². The molecule has 4 nitrogen and oxygen atoms in total. The lowest BCUT2D eigenvalue weighted by atomic mass is 10.1. The predicted octanol–water partition coefficient (Wildman–Crippen LogP) is 2.36. The molecule has 0 bridgehead atoms. The van der Waals surface area contributed by atoms with Crippen molar-refractivity contribution >= 4 is 0 Å². The zero-order valence-electron chi connectivity index (χ0n) is 10.9. The van der Waals surface area contributed by atoms with Crippen LogP contribution in [0, 0.1) is 6.92 Å². The van der Waals surface area contributed by atoms with E-state index in [1.165, 1.54) is 0 Å². The van der Waals surface area contributed by atoms with Crippen LogP contribution in [0.2, 0.25) is 0 Å². The van der Waals surface area contributed by atoms with Gasteiger partial charge in [-0.05, 0) is 31.5 Å². The zero-order chi connectivity index (χ0) is 13.1. The highest BCUT2D eigenvalue weighted by atomic mass is 16.5. The molecule has 1 aromatic heterocycles. The Labute approximate surface area is 107 Å². The first-order chi connectivity index (χ1) is 8.56. The molecule has 1 heterocycles. The van der Waals surface area contributed by atoms with Gasteiger partial charge in [0.25, 0.3) is 0 Å². The Morgan fingerprint density at radius 3 is 2.78 bits per heavy atom. The molecule has 0 aliphatic heterocycles. The summed E-state index contributed by atoms with van der Waals surface area (Å²) in [6.45, 7) is 4.14. The highest BCUT2D eigenvalue weighted by molar-refractivity contribution is 5.38. The Bertz CT molecular complexity index is 532. The van der Waals surface area contributed by atoms with Gasteiger partial charge in [-0.2, -0.15) is 5.10 Å². The molecular weight excluding hydrogens is 228 g/mol. The summed E-state index contributed by atoms with van der Waals surface area (Å²) in [5, 5.41) is 13.9. The van der Waals surface area contributed by atoms with Crippen molar-refractivity contribution in [3.63, 3.8) is 0 Å². The molecule has 0 saturated carbocycles. The molecule has 18 heavy (non-hydrogen) atoms. The molecule has 2 aromatic rings. The van der Waals surface area contributed by atoms with Gasteiger partial charge in [0.15, 0.2) is 0 Å². The molecule has 0 amide bonds. The molecule has 0 fully saturated rings. The third kappa shape index (κ3) is 2.90. The van der Waals surface area contributed by atoms with Crippen LogP contribution in [-0.2, 0) is 13.7 Å². The number of hydrogen-bond donors (Lipinski definition) is 1. The number of ether oxygens (including phenoxy) is 1. The minimum Gasteiger partial charge on any atom is -0.487 e. The van der Waals surface area contributed by atoms with Gasteiger partial charge in [0, 0.05) is 18.8 Å². The molecule has 1 N–H and O–H groups in total. The van der Waals surface area contributed by atoms with Crippen LogP contribution >= 0.6 is 0 Å². The third-order valence-corrected chi connectivity index (χ3v) is 2.76. The molecule has 0 spiro atoms. The normalized spacial score (nSPS) is 12.4. The molecule has 0 aliphatic carbocycles. The zero-order valence-corrected chi connectivity index (χ0v) is 10.9. The van der Waals surface area contributed by atoms with Crippen molar-refractivity contribution < 1.29 is 9.84 Å². The Morgan fingerprint density at radius 2 is 2.17 bits per heavy atom. The first-order valence-corrected chi connectivity index (χ1v) is 5.96. The summed E-state index contributed by atoms with van der Waals surface area (Å²) in [7, 11) is 1.87. The predicted molar refractivity (Wildman–Crippen MR) is 69.4 cm³/mol. The fraction of sp³-hybridized carbons (Fsp3) is 0.357. The van der Waals surface area contributed by atoms with Gasteiger partial charge in [0.05, 0.1) is 11.8 Å². The molecular formula is C14H18N2O2. The number of hydrogen-bond acceptors (Lipinski definition) is 3.